The molecule has 0 bridgehead atoms. The smallest absolute Gasteiger partial charge is 0.234 e. The number of hydrogen-bond donors (Lipinski definition) is 2. The SMILES string of the molecule is CCNC(CCN(CCC(C)C)CCC(C)C)C(N)=O. The number of hydrogen-bond acceptors (Lipinski definition) is 3. The van der Waals surface area contributed by atoms with Crippen molar-refractivity contribution in [1.82, 2.24) is 10.2 Å². The Balaban J connectivity index is 4.26. The number of primary amides is 1. The number of carbonyl (C=O) groups is 1. The van der Waals surface area contributed by atoms with Crippen molar-refractivity contribution in [2.24, 2.45) is 17.6 Å². The first kappa shape index (κ1) is 19.4. The number of amides is 1. The summed E-state index contributed by atoms with van der Waals surface area (Å²) in [6.07, 6.45) is 3.22. The highest BCUT2D eigenvalue weighted by Crippen LogP contribution is 2.08. The molecule has 0 fully saturated rings. The van der Waals surface area contributed by atoms with Gasteiger partial charge in [-0.3, -0.25) is 4.79 Å². The van der Waals surface area contributed by atoms with Crippen molar-refractivity contribution in [1.29, 1.82) is 0 Å². The molecule has 0 heterocycles. The number of nitrogens with zero attached hydrogens (tertiary/aromatic N) is 1. The van der Waals surface area contributed by atoms with Crippen molar-refractivity contribution in [2.45, 2.75) is 59.9 Å². The molecular formula is C16H35N3O. The number of rotatable bonds is 12. The van der Waals surface area contributed by atoms with E-state index in [4.69, 9.17) is 5.73 Å². The molecule has 1 unspecified atom stereocenters. The van der Waals surface area contributed by atoms with Crippen molar-refractivity contribution in [2.75, 3.05) is 26.2 Å². The van der Waals surface area contributed by atoms with Gasteiger partial charge < -0.3 is 16.0 Å². The van der Waals surface area contributed by atoms with Crippen molar-refractivity contribution in [3.05, 3.63) is 0 Å². The van der Waals surface area contributed by atoms with E-state index in [1.807, 2.05) is 6.92 Å². The molecule has 1 amide bonds. The lowest BCUT2D eigenvalue weighted by Crippen LogP contribution is -2.43. The van der Waals surface area contributed by atoms with E-state index in [0.29, 0.717) is 0 Å². The molecule has 0 rings (SSSR count). The summed E-state index contributed by atoms with van der Waals surface area (Å²) in [5.74, 6) is 1.20. The zero-order valence-electron chi connectivity index (χ0n) is 14.1. The predicted molar refractivity (Wildman–Crippen MR) is 86.6 cm³/mol. The maximum Gasteiger partial charge on any atom is 0.234 e. The minimum atomic E-state index is -0.237. The molecular weight excluding hydrogens is 250 g/mol. The van der Waals surface area contributed by atoms with Gasteiger partial charge in [0.1, 0.15) is 0 Å². The Bertz CT molecular complexity index is 242. The standard InChI is InChI=1S/C16H35N3O/c1-6-18-15(16(17)20)9-12-19(10-7-13(2)3)11-8-14(4)5/h13-15,18H,6-12H2,1-5H3,(H2,17,20). The minimum absolute atomic E-state index is 0.194. The molecule has 20 heavy (non-hydrogen) atoms. The van der Waals surface area contributed by atoms with Gasteiger partial charge in [0, 0.05) is 6.54 Å². The van der Waals surface area contributed by atoms with Crippen LogP contribution in [0.3, 0.4) is 0 Å². The molecule has 0 spiro atoms. The molecule has 0 aliphatic carbocycles. The average Bonchev–Trinajstić information content (AvgIpc) is 2.35. The first-order valence-corrected chi connectivity index (χ1v) is 8.11. The molecule has 0 aromatic carbocycles. The summed E-state index contributed by atoms with van der Waals surface area (Å²) < 4.78 is 0. The Morgan fingerprint density at radius 2 is 1.45 bits per heavy atom. The molecule has 0 aliphatic heterocycles. The van der Waals surface area contributed by atoms with E-state index < -0.39 is 0 Å². The Hall–Kier alpha value is -0.610. The van der Waals surface area contributed by atoms with E-state index in [1.165, 1.54) is 12.8 Å². The Kier molecular flexibility index (Phi) is 10.8. The third-order valence-electron chi connectivity index (χ3n) is 3.57. The van der Waals surface area contributed by atoms with Crippen LogP contribution in [0.15, 0.2) is 0 Å². The van der Waals surface area contributed by atoms with Crippen LogP contribution < -0.4 is 11.1 Å². The predicted octanol–water partition coefficient (Wildman–Crippen LogP) is 2.23. The molecule has 0 aromatic heterocycles. The van der Waals surface area contributed by atoms with E-state index in [1.54, 1.807) is 0 Å². The third-order valence-corrected chi connectivity index (χ3v) is 3.57. The fraction of sp³-hybridized carbons (Fsp3) is 0.938. The Labute approximate surface area is 125 Å². The summed E-state index contributed by atoms with van der Waals surface area (Å²) in [6.45, 7) is 15.0. The van der Waals surface area contributed by atoms with Gasteiger partial charge in [0.2, 0.25) is 5.91 Å². The molecule has 1 atom stereocenters. The van der Waals surface area contributed by atoms with Crippen LogP contribution in [0.5, 0.6) is 0 Å². The normalized spacial score (nSPS) is 13.4. The number of likely N-dealkylation sites (N-methyl/N-ethyl adjacent to an activating group) is 1. The highest BCUT2D eigenvalue weighted by atomic mass is 16.1. The van der Waals surface area contributed by atoms with Crippen LogP contribution in [-0.2, 0) is 4.79 Å². The van der Waals surface area contributed by atoms with E-state index >= 15 is 0 Å². The van der Waals surface area contributed by atoms with Gasteiger partial charge in [0.05, 0.1) is 6.04 Å². The van der Waals surface area contributed by atoms with Crippen LogP contribution in [0.4, 0.5) is 0 Å². The van der Waals surface area contributed by atoms with Crippen LogP contribution in [0.25, 0.3) is 0 Å². The van der Waals surface area contributed by atoms with Crippen molar-refractivity contribution >= 4 is 5.91 Å². The zero-order chi connectivity index (χ0) is 15.5. The van der Waals surface area contributed by atoms with Crippen LogP contribution in [0.1, 0.15) is 53.9 Å². The molecule has 4 heteroatoms. The summed E-state index contributed by atoms with van der Waals surface area (Å²) >= 11 is 0. The monoisotopic (exact) mass is 285 g/mol. The van der Waals surface area contributed by atoms with Crippen molar-refractivity contribution in [3.63, 3.8) is 0 Å². The van der Waals surface area contributed by atoms with Crippen molar-refractivity contribution in [3.8, 4) is 0 Å². The third kappa shape index (κ3) is 10.2. The molecule has 4 nitrogen and oxygen atoms in total. The average molecular weight is 285 g/mol. The fourth-order valence-corrected chi connectivity index (χ4v) is 2.12. The van der Waals surface area contributed by atoms with Gasteiger partial charge in [0.25, 0.3) is 0 Å². The van der Waals surface area contributed by atoms with Gasteiger partial charge in [-0.25, -0.2) is 0 Å². The molecule has 3 N–H and O–H groups in total. The first-order valence-electron chi connectivity index (χ1n) is 8.11. The number of carbonyl (C=O) groups excluding carboxylic acids is 1. The molecule has 0 aromatic rings. The first-order chi connectivity index (χ1) is 9.36. The van der Waals surface area contributed by atoms with E-state index in [9.17, 15) is 4.79 Å². The van der Waals surface area contributed by atoms with Gasteiger partial charge in [-0.2, -0.15) is 0 Å². The summed E-state index contributed by atoms with van der Waals surface area (Å²) in [7, 11) is 0. The maximum absolute atomic E-state index is 11.4. The van der Waals surface area contributed by atoms with Crippen LogP contribution in [0.2, 0.25) is 0 Å². The highest BCUT2D eigenvalue weighted by Gasteiger charge is 2.16. The molecule has 0 saturated heterocycles. The van der Waals surface area contributed by atoms with Gasteiger partial charge in [0.15, 0.2) is 0 Å². The summed E-state index contributed by atoms with van der Waals surface area (Å²) in [4.78, 5) is 13.9. The van der Waals surface area contributed by atoms with E-state index in [0.717, 1.165) is 44.4 Å². The number of nitrogens with two attached hydrogens (primary N) is 1. The van der Waals surface area contributed by atoms with Gasteiger partial charge >= 0.3 is 0 Å². The lowest BCUT2D eigenvalue weighted by Gasteiger charge is -2.26. The summed E-state index contributed by atoms with van der Waals surface area (Å²) in [5, 5.41) is 3.17. The molecule has 120 valence electrons. The van der Waals surface area contributed by atoms with Crippen LogP contribution in [0, 0.1) is 11.8 Å². The molecule has 0 saturated carbocycles. The Morgan fingerprint density at radius 3 is 1.80 bits per heavy atom. The number of nitrogens with one attached hydrogen (secondary N) is 1. The minimum Gasteiger partial charge on any atom is -0.368 e. The Morgan fingerprint density at radius 1 is 1.00 bits per heavy atom. The van der Waals surface area contributed by atoms with Gasteiger partial charge in [-0.15, -0.1) is 0 Å². The second-order valence-electron chi connectivity index (χ2n) is 6.51. The van der Waals surface area contributed by atoms with E-state index in [-0.39, 0.29) is 11.9 Å². The molecule has 0 aliphatic rings. The quantitative estimate of drug-likeness (QED) is 0.578. The van der Waals surface area contributed by atoms with Crippen LogP contribution in [-0.4, -0.2) is 43.0 Å². The van der Waals surface area contributed by atoms with Gasteiger partial charge in [-0.1, -0.05) is 34.6 Å². The maximum atomic E-state index is 11.4. The summed E-state index contributed by atoms with van der Waals surface area (Å²) in [6, 6.07) is -0.194. The lowest BCUT2D eigenvalue weighted by atomic mass is 10.1. The summed E-state index contributed by atoms with van der Waals surface area (Å²) in [5.41, 5.74) is 5.43. The highest BCUT2D eigenvalue weighted by molar-refractivity contribution is 5.79. The van der Waals surface area contributed by atoms with E-state index in [2.05, 4.69) is 37.9 Å². The second-order valence-corrected chi connectivity index (χ2v) is 6.51. The van der Waals surface area contributed by atoms with Crippen LogP contribution >= 0.6 is 0 Å². The zero-order valence-corrected chi connectivity index (χ0v) is 14.1. The van der Waals surface area contributed by atoms with Crippen molar-refractivity contribution < 1.29 is 4.79 Å². The van der Waals surface area contributed by atoms with Gasteiger partial charge in [-0.05, 0) is 50.7 Å². The second kappa shape index (κ2) is 11.1. The fourth-order valence-electron chi connectivity index (χ4n) is 2.12. The topological polar surface area (TPSA) is 58.4 Å². The lowest BCUT2D eigenvalue weighted by molar-refractivity contribution is -0.120. The molecule has 0 radical (unpaired) electrons. The largest absolute Gasteiger partial charge is 0.368 e.